The second kappa shape index (κ2) is 6.23. The topological polar surface area (TPSA) is 52.9 Å². The van der Waals surface area contributed by atoms with Crippen LogP contribution in [0.15, 0.2) is 11.3 Å². The molecule has 0 aromatic rings. The fourth-order valence-electron chi connectivity index (χ4n) is 10.2. The molecule has 8 atom stereocenters. The molecule has 162 valence electrons. The van der Waals surface area contributed by atoms with Gasteiger partial charge in [0, 0.05) is 13.0 Å². The number of hydroxylamine groups is 2. The third kappa shape index (κ3) is 2.43. The van der Waals surface area contributed by atoms with E-state index in [1.165, 1.54) is 63.4 Å². The highest BCUT2D eigenvalue weighted by Crippen LogP contribution is 2.71. The summed E-state index contributed by atoms with van der Waals surface area (Å²) in [5.74, 6) is 5.05. The van der Waals surface area contributed by atoms with E-state index in [0.29, 0.717) is 29.9 Å². The third-order valence-corrected chi connectivity index (χ3v) is 11.4. The molecule has 0 bridgehead atoms. The first kappa shape index (κ1) is 19.1. The molecular formula is C25H39NO3. The maximum atomic E-state index is 10.3. The Hall–Kier alpha value is -0.580. The van der Waals surface area contributed by atoms with Crippen LogP contribution in [0, 0.1) is 45.8 Å². The Morgan fingerprint density at radius 1 is 1.00 bits per heavy atom. The van der Waals surface area contributed by atoms with Crippen molar-refractivity contribution in [2.24, 2.45) is 45.8 Å². The van der Waals surface area contributed by atoms with Crippen LogP contribution in [0.2, 0.25) is 0 Å². The molecule has 6 aliphatic rings. The SMILES string of the molecule is CC12CC3=C(CC1CCC1(C)C4CCC5(CO)CCCC5C4CCC21)ON(O)C3. The highest BCUT2D eigenvalue weighted by atomic mass is 16.9. The highest BCUT2D eigenvalue weighted by Gasteiger charge is 2.64. The van der Waals surface area contributed by atoms with Gasteiger partial charge in [-0.2, -0.15) is 0 Å². The Kier molecular flexibility index (Phi) is 4.11. The van der Waals surface area contributed by atoms with Gasteiger partial charge in [0.25, 0.3) is 0 Å². The van der Waals surface area contributed by atoms with Gasteiger partial charge in [-0.1, -0.05) is 20.3 Å². The second-order valence-corrected chi connectivity index (χ2v) is 12.2. The number of aliphatic hydroxyl groups is 1. The lowest BCUT2D eigenvalue weighted by molar-refractivity contribution is -0.300. The zero-order valence-electron chi connectivity index (χ0n) is 18.3. The summed E-state index contributed by atoms with van der Waals surface area (Å²) in [5, 5.41) is 21.3. The number of fused-ring (bicyclic) bond motifs is 7. The molecule has 0 amide bonds. The number of allylic oxidation sites excluding steroid dienone is 1. The first-order chi connectivity index (χ1) is 13.9. The van der Waals surface area contributed by atoms with E-state index in [-0.39, 0.29) is 5.41 Å². The first-order valence-electron chi connectivity index (χ1n) is 12.4. The van der Waals surface area contributed by atoms with Crippen LogP contribution in [0.3, 0.4) is 0 Å². The number of rotatable bonds is 1. The van der Waals surface area contributed by atoms with E-state index in [1.54, 1.807) is 0 Å². The smallest absolute Gasteiger partial charge is 0.128 e. The first-order valence-corrected chi connectivity index (χ1v) is 12.4. The molecule has 2 N–H and O–H groups in total. The van der Waals surface area contributed by atoms with Crippen molar-refractivity contribution in [3.8, 4) is 0 Å². The van der Waals surface area contributed by atoms with E-state index in [1.807, 2.05) is 0 Å². The van der Waals surface area contributed by atoms with Gasteiger partial charge in [0.2, 0.25) is 0 Å². The minimum Gasteiger partial charge on any atom is -0.396 e. The van der Waals surface area contributed by atoms with Crippen molar-refractivity contribution in [3.63, 3.8) is 0 Å². The van der Waals surface area contributed by atoms with Crippen LogP contribution in [-0.2, 0) is 4.84 Å². The van der Waals surface area contributed by atoms with Crippen molar-refractivity contribution in [3.05, 3.63) is 11.3 Å². The number of aliphatic hydroxyl groups excluding tert-OH is 1. The normalized spacial score (nSPS) is 54.1. The van der Waals surface area contributed by atoms with Gasteiger partial charge < -0.3 is 9.94 Å². The lowest BCUT2D eigenvalue weighted by atomic mass is 9.38. The number of nitrogens with zero attached hydrogens (tertiary/aromatic N) is 1. The Balaban J connectivity index is 1.32. The molecule has 4 nitrogen and oxygen atoms in total. The number of hydrogen-bond donors (Lipinski definition) is 2. The van der Waals surface area contributed by atoms with Crippen LogP contribution in [0.1, 0.15) is 84.5 Å². The number of hydrogen-bond acceptors (Lipinski definition) is 4. The van der Waals surface area contributed by atoms with Crippen LogP contribution in [0.25, 0.3) is 0 Å². The fraction of sp³-hybridized carbons (Fsp3) is 0.920. The monoisotopic (exact) mass is 401 g/mol. The summed E-state index contributed by atoms with van der Waals surface area (Å²) in [6.45, 7) is 6.24. The van der Waals surface area contributed by atoms with Gasteiger partial charge in [0.05, 0.1) is 6.54 Å². The predicted molar refractivity (Wildman–Crippen MR) is 111 cm³/mol. The predicted octanol–water partition coefficient (Wildman–Crippen LogP) is 5.31. The van der Waals surface area contributed by atoms with Crippen molar-refractivity contribution >= 4 is 0 Å². The molecule has 0 radical (unpaired) electrons. The van der Waals surface area contributed by atoms with Crippen molar-refractivity contribution < 1.29 is 15.2 Å². The average Bonchev–Trinajstić information content (AvgIpc) is 3.28. The van der Waals surface area contributed by atoms with Gasteiger partial charge in [-0.25, -0.2) is 0 Å². The molecule has 1 heterocycles. The van der Waals surface area contributed by atoms with E-state index in [2.05, 4.69) is 13.8 Å². The Morgan fingerprint density at radius 2 is 1.86 bits per heavy atom. The summed E-state index contributed by atoms with van der Waals surface area (Å²) < 4.78 is 0. The Labute approximate surface area is 175 Å². The van der Waals surface area contributed by atoms with E-state index >= 15 is 0 Å². The van der Waals surface area contributed by atoms with E-state index < -0.39 is 0 Å². The molecular weight excluding hydrogens is 362 g/mol. The maximum absolute atomic E-state index is 10.3. The molecule has 8 unspecified atom stereocenters. The van der Waals surface area contributed by atoms with Crippen molar-refractivity contribution in [2.45, 2.75) is 84.5 Å². The molecule has 0 saturated heterocycles. The van der Waals surface area contributed by atoms with E-state index in [9.17, 15) is 10.3 Å². The highest BCUT2D eigenvalue weighted by molar-refractivity contribution is 5.24. The molecule has 0 aromatic heterocycles. The molecule has 5 aliphatic carbocycles. The summed E-state index contributed by atoms with van der Waals surface area (Å²) in [4.78, 5) is 5.62. The van der Waals surface area contributed by atoms with Gasteiger partial charge in [-0.05, 0) is 114 Å². The van der Waals surface area contributed by atoms with Crippen LogP contribution in [0.5, 0.6) is 0 Å². The van der Waals surface area contributed by atoms with Crippen LogP contribution in [-0.4, -0.2) is 28.7 Å². The molecule has 4 heteroatoms. The van der Waals surface area contributed by atoms with E-state index in [0.717, 1.165) is 47.5 Å². The fourth-order valence-corrected chi connectivity index (χ4v) is 10.2. The van der Waals surface area contributed by atoms with Gasteiger partial charge in [0.15, 0.2) is 0 Å². The van der Waals surface area contributed by atoms with E-state index in [4.69, 9.17) is 4.84 Å². The lowest BCUT2D eigenvalue weighted by Gasteiger charge is -2.66. The van der Waals surface area contributed by atoms with Gasteiger partial charge in [0.1, 0.15) is 5.76 Å². The van der Waals surface area contributed by atoms with Crippen LogP contribution in [0.4, 0.5) is 0 Å². The summed E-state index contributed by atoms with van der Waals surface area (Å²) in [6, 6.07) is 0. The summed E-state index contributed by atoms with van der Waals surface area (Å²) in [6.07, 6.45) is 14.2. The van der Waals surface area contributed by atoms with Crippen molar-refractivity contribution in [1.82, 2.24) is 5.23 Å². The quantitative estimate of drug-likeness (QED) is 0.625. The summed E-state index contributed by atoms with van der Waals surface area (Å²) in [5.41, 5.74) is 2.43. The van der Waals surface area contributed by atoms with Crippen molar-refractivity contribution in [2.75, 3.05) is 13.2 Å². The van der Waals surface area contributed by atoms with Crippen molar-refractivity contribution in [1.29, 1.82) is 0 Å². The Morgan fingerprint density at radius 3 is 2.69 bits per heavy atom. The molecule has 6 rings (SSSR count). The minimum atomic E-state index is 0.266. The molecule has 29 heavy (non-hydrogen) atoms. The summed E-state index contributed by atoms with van der Waals surface area (Å²) in [7, 11) is 0. The zero-order chi connectivity index (χ0) is 20.0. The second-order valence-electron chi connectivity index (χ2n) is 12.2. The van der Waals surface area contributed by atoms with Crippen LogP contribution < -0.4 is 0 Å². The van der Waals surface area contributed by atoms with Gasteiger partial charge in [-0.15, -0.1) is 0 Å². The average molecular weight is 402 g/mol. The Bertz CT molecular complexity index is 736. The van der Waals surface area contributed by atoms with Gasteiger partial charge >= 0.3 is 0 Å². The van der Waals surface area contributed by atoms with Gasteiger partial charge in [-0.3, -0.25) is 5.21 Å². The minimum absolute atomic E-state index is 0.266. The molecule has 4 saturated carbocycles. The zero-order valence-corrected chi connectivity index (χ0v) is 18.3. The molecule has 0 aromatic carbocycles. The standard InChI is InChI=1S/C25H39NO3/c1-23-10-7-17-12-21-16(14-26(28)29-21)13-24(17,2)22(23)6-5-18-19(23)8-11-25(15-27)9-3-4-20(18)25/h17-20,22,27-28H,3-15H2,1-2H3. The molecule has 0 spiro atoms. The maximum Gasteiger partial charge on any atom is 0.128 e. The summed E-state index contributed by atoms with van der Waals surface area (Å²) >= 11 is 0. The molecule has 1 aliphatic heterocycles. The van der Waals surface area contributed by atoms with Crippen LogP contribution >= 0.6 is 0 Å². The third-order valence-electron chi connectivity index (χ3n) is 11.4. The lowest BCUT2D eigenvalue weighted by Crippen LogP contribution is -2.59. The largest absolute Gasteiger partial charge is 0.396 e. The molecule has 4 fully saturated rings.